The highest BCUT2D eigenvalue weighted by Gasteiger charge is 2.22. The highest BCUT2D eigenvalue weighted by atomic mass is 35.5. The monoisotopic (exact) mass is 524 g/mol. The van der Waals surface area contributed by atoms with E-state index in [1.165, 1.54) is 20.8 Å². The van der Waals surface area contributed by atoms with Gasteiger partial charge in [0.25, 0.3) is 5.91 Å². The molecule has 4 aromatic carbocycles. The summed E-state index contributed by atoms with van der Waals surface area (Å²) in [4.78, 5) is 13.0. The zero-order valence-corrected chi connectivity index (χ0v) is 21.2. The second kappa shape index (κ2) is 9.19. The van der Waals surface area contributed by atoms with Crippen molar-refractivity contribution in [1.82, 2.24) is 0 Å². The van der Waals surface area contributed by atoms with Crippen molar-refractivity contribution in [2.75, 3.05) is 15.9 Å². The molecule has 4 aromatic rings. The standard InChI is InChI=1S/C27H22Cl2N2O3S/c1-35(33,34)31(16-22-23(28)6-3-7-24(22)29)20-13-10-19(11-14-20)27(32)30-25-15-12-18-9-8-17-4-2-5-21(25)26(17)18/h2-7,10-15H,8-9,16H2,1H3,(H,30,32). The van der Waals surface area contributed by atoms with Gasteiger partial charge < -0.3 is 5.32 Å². The first-order chi connectivity index (χ1) is 16.7. The first kappa shape index (κ1) is 23.7. The van der Waals surface area contributed by atoms with Crippen molar-refractivity contribution >= 4 is 61.3 Å². The maximum absolute atomic E-state index is 13.0. The topological polar surface area (TPSA) is 66.5 Å². The van der Waals surface area contributed by atoms with Gasteiger partial charge in [-0.3, -0.25) is 9.10 Å². The van der Waals surface area contributed by atoms with Gasteiger partial charge in [-0.05, 0) is 71.8 Å². The van der Waals surface area contributed by atoms with E-state index >= 15 is 0 Å². The predicted molar refractivity (Wildman–Crippen MR) is 143 cm³/mol. The molecule has 1 N–H and O–H groups in total. The Balaban J connectivity index is 1.41. The maximum atomic E-state index is 13.0. The molecule has 5 rings (SSSR count). The fraction of sp³-hybridized carbons (Fsp3) is 0.148. The molecular formula is C27H22Cl2N2O3S. The third kappa shape index (κ3) is 4.61. The largest absolute Gasteiger partial charge is 0.321 e. The van der Waals surface area contributed by atoms with Gasteiger partial charge >= 0.3 is 0 Å². The van der Waals surface area contributed by atoms with E-state index in [0.29, 0.717) is 26.9 Å². The van der Waals surface area contributed by atoms with Crippen LogP contribution in [0.15, 0.2) is 72.8 Å². The molecule has 5 nitrogen and oxygen atoms in total. The number of anilines is 2. The molecule has 0 unspecified atom stereocenters. The summed E-state index contributed by atoms with van der Waals surface area (Å²) in [6, 6.07) is 21.6. The lowest BCUT2D eigenvalue weighted by molar-refractivity contribution is 0.102. The van der Waals surface area contributed by atoms with Gasteiger partial charge in [0.2, 0.25) is 10.0 Å². The zero-order chi connectivity index (χ0) is 24.7. The van der Waals surface area contributed by atoms with Crippen LogP contribution in [0.3, 0.4) is 0 Å². The number of carbonyl (C=O) groups excluding carboxylic acids is 1. The molecule has 0 saturated heterocycles. The Morgan fingerprint density at radius 3 is 2.17 bits per heavy atom. The first-order valence-corrected chi connectivity index (χ1v) is 13.7. The van der Waals surface area contributed by atoms with E-state index in [1.807, 2.05) is 18.2 Å². The molecule has 0 fully saturated rings. The lowest BCUT2D eigenvalue weighted by Gasteiger charge is -2.23. The Kier molecular flexibility index (Phi) is 6.21. The van der Waals surface area contributed by atoms with Crippen LogP contribution >= 0.6 is 23.2 Å². The van der Waals surface area contributed by atoms with Crippen molar-refractivity contribution in [3.05, 3.63) is 105 Å². The Hall–Kier alpha value is -3.06. The molecule has 0 radical (unpaired) electrons. The molecule has 0 aromatic heterocycles. The highest BCUT2D eigenvalue weighted by molar-refractivity contribution is 7.92. The molecule has 1 aliphatic carbocycles. The van der Waals surface area contributed by atoms with Crippen molar-refractivity contribution in [3.8, 4) is 0 Å². The number of amides is 1. The molecule has 0 atom stereocenters. The number of benzene rings is 4. The van der Waals surface area contributed by atoms with E-state index in [-0.39, 0.29) is 12.5 Å². The second-order valence-electron chi connectivity index (χ2n) is 8.58. The number of carbonyl (C=O) groups is 1. The van der Waals surface area contributed by atoms with Gasteiger partial charge in [0.1, 0.15) is 0 Å². The summed E-state index contributed by atoms with van der Waals surface area (Å²) >= 11 is 12.5. The van der Waals surface area contributed by atoms with Crippen LogP contribution in [0.2, 0.25) is 10.0 Å². The number of sulfonamides is 1. The van der Waals surface area contributed by atoms with Gasteiger partial charge in [-0.2, -0.15) is 0 Å². The van der Waals surface area contributed by atoms with Crippen LogP contribution in [0.4, 0.5) is 11.4 Å². The minimum absolute atomic E-state index is 0.0243. The molecule has 178 valence electrons. The van der Waals surface area contributed by atoms with E-state index in [0.717, 1.165) is 30.2 Å². The minimum Gasteiger partial charge on any atom is -0.321 e. The van der Waals surface area contributed by atoms with Gasteiger partial charge in [-0.15, -0.1) is 0 Å². The molecule has 8 heteroatoms. The summed E-state index contributed by atoms with van der Waals surface area (Å²) in [5.74, 6) is -0.268. The average Bonchev–Trinajstić information content (AvgIpc) is 3.25. The smallest absolute Gasteiger partial charge is 0.255 e. The number of nitrogens with one attached hydrogen (secondary N) is 1. The van der Waals surface area contributed by atoms with Gasteiger partial charge in [0, 0.05) is 32.2 Å². The summed E-state index contributed by atoms with van der Waals surface area (Å²) in [6.45, 7) is -0.0243. The lowest BCUT2D eigenvalue weighted by atomic mass is 10.0. The summed E-state index contributed by atoms with van der Waals surface area (Å²) in [7, 11) is -3.64. The van der Waals surface area contributed by atoms with Crippen LogP contribution in [0.5, 0.6) is 0 Å². The predicted octanol–water partition coefficient (Wildman–Crippen LogP) is 6.46. The van der Waals surface area contributed by atoms with Gasteiger partial charge in [-0.1, -0.05) is 53.5 Å². The van der Waals surface area contributed by atoms with Gasteiger partial charge in [0.05, 0.1) is 18.5 Å². The van der Waals surface area contributed by atoms with Crippen LogP contribution in [-0.2, 0) is 29.4 Å². The third-order valence-electron chi connectivity index (χ3n) is 6.31. The summed E-state index contributed by atoms with van der Waals surface area (Å²) in [5, 5.41) is 6.03. The summed E-state index contributed by atoms with van der Waals surface area (Å²) in [6.07, 6.45) is 3.15. The van der Waals surface area contributed by atoms with Crippen molar-refractivity contribution in [2.45, 2.75) is 19.4 Å². The number of hydrogen-bond donors (Lipinski definition) is 1. The van der Waals surface area contributed by atoms with E-state index < -0.39 is 10.0 Å². The van der Waals surface area contributed by atoms with Crippen LogP contribution < -0.4 is 9.62 Å². The van der Waals surface area contributed by atoms with Crippen molar-refractivity contribution < 1.29 is 13.2 Å². The molecule has 0 heterocycles. The molecule has 35 heavy (non-hydrogen) atoms. The highest BCUT2D eigenvalue weighted by Crippen LogP contribution is 2.35. The van der Waals surface area contributed by atoms with Crippen molar-refractivity contribution in [1.29, 1.82) is 0 Å². The third-order valence-corrected chi connectivity index (χ3v) is 8.16. The van der Waals surface area contributed by atoms with E-state index in [4.69, 9.17) is 23.2 Å². The van der Waals surface area contributed by atoms with Gasteiger partial charge in [0.15, 0.2) is 0 Å². The van der Waals surface area contributed by atoms with Crippen molar-refractivity contribution in [2.24, 2.45) is 0 Å². The lowest BCUT2D eigenvalue weighted by Crippen LogP contribution is -2.29. The SMILES string of the molecule is CS(=O)(=O)N(Cc1c(Cl)cccc1Cl)c1ccc(C(=O)Nc2ccc3c4c(cccc24)CC3)cc1. The van der Waals surface area contributed by atoms with Crippen LogP contribution in [0.25, 0.3) is 10.8 Å². The Bertz CT molecular complexity index is 1540. The van der Waals surface area contributed by atoms with Gasteiger partial charge in [-0.25, -0.2) is 8.42 Å². The molecule has 1 amide bonds. The molecule has 0 saturated carbocycles. The summed E-state index contributed by atoms with van der Waals surface area (Å²) in [5.41, 5.74) is 4.70. The molecule has 1 aliphatic rings. The Morgan fingerprint density at radius 1 is 0.886 bits per heavy atom. The molecule has 0 aliphatic heterocycles. The maximum Gasteiger partial charge on any atom is 0.255 e. The first-order valence-electron chi connectivity index (χ1n) is 11.1. The number of rotatable bonds is 6. The number of hydrogen-bond acceptors (Lipinski definition) is 3. The fourth-order valence-corrected chi connectivity index (χ4v) is 5.94. The van der Waals surface area contributed by atoms with Crippen LogP contribution in [0.1, 0.15) is 27.0 Å². The number of aryl methyl sites for hydroxylation is 2. The second-order valence-corrected chi connectivity index (χ2v) is 11.3. The van der Waals surface area contributed by atoms with Crippen LogP contribution in [0, 0.1) is 0 Å². The Morgan fingerprint density at radius 2 is 1.51 bits per heavy atom. The normalized spacial score (nSPS) is 12.7. The average molecular weight is 525 g/mol. The van der Waals surface area contributed by atoms with E-state index in [9.17, 15) is 13.2 Å². The van der Waals surface area contributed by atoms with Crippen molar-refractivity contribution in [3.63, 3.8) is 0 Å². The fourth-order valence-electron chi connectivity index (χ4n) is 4.56. The molecule has 0 spiro atoms. The van der Waals surface area contributed by atoms with Crippen LogP contribution in [-0.4, -0.2) is 20.6 Å². The zero-order valence-electron chi connectivity index (χ0n) is 18.9. The quantitative estimate of drug-likeness (QED) is 0.314. The number of halogens is 2. The Labute approximate surface area is 214 Å². The van der Waals surface area contributed by atoms with E-state index in [2.05, 4.69) is 17.4 Å². The number of nitrogens with zero attached hydrogens (tertiary/aromatic N) is 1. The molecular weight excluding hydrogens is 503 g/mol. The molecule has 0 bridgehead atoms. The van der Waals surface area contributed by atoms with E-state index in [1.54, 1.807) is 42.5 Å². The summed E-state index contributed by atoms with van der Waals surface area (Å²) < 4.78 is 26.3. The minimum atomic E-state index is -3.64.